The fourth-order valence-electron chi connectivity index (χ4n) is 1.42. The molecule has 0 fully saturated rings. The van der Waals surface area contributed by atoms with Crippen LogP contribution in [-0.2, 0) is 14.3 Å². The molecular formula is C13H16N2O4. The summed E-state index contributed by atoms with van der Waals surface area (Å²) in [5.41, 5.74) is 0.995. The maximum Gasteiger partial charge on any atom is 0.328 e. The van der Waals surface area contributed by atoms with Crippen LogP contribution < -0.4 is 10.6 Å². The standard InChI is InChI=1S/C13H16N2O4/c1-8(13(18)19-3)14-12(17)10-4-6-11(7-5-10)15-9(2)16/h4-8H,1-3H3,(H,14,17)(H,15,16). The molecule has 2 N–H and O–H groups in total. The summed E-state index contributed by atoms with van der Waals surface area (Å²) in [4.78, 5) is 33.8. The number of carbonyl (C=O) groups is 3. The van der Waals surface area contributed by atoms with Gasteiger partial charge in [-0.1, -0.05) is 0 Å². The van der Waals surface area contributed by atoms with Gasteiger partial charge in [-0.15, -0.1) is 0 Å². The van der Waals surface area contributed by atoms with Gasteiger partial charge >= 0.3 is 5.97 Å². The normalized spacial score (nSPS) is 11.3. The molecule has 2 amide bonds. The van der Waals surface area contributed by atoms with Crippen molar-refractivity contribution in [2.75, 3.05) is 12.4 Å². The molecule has 0 saturated heterocycles. The zero-order valence-electron chi connectivity index (χ0n) is 11.0. The Labute approximate surface area is 111 Å². The monoisotopic (exact) mass is 264 g/mol. The summed E-state index contributed by atoms with van der Waals surface area (Å²) in [6.07, 6.45) is 0. The number of methoxy groups -OCH3 is 1. The van der Waals surface area contributed by atoms with Gasteiger partial charge in [0.2, 0.25) is 5.91 Å². The van der Waals surface area contributed by atoms with Crippen molar-refractivity contribution in [1.82, 2.24) is 5.32 Å². The number of benzene rings is 1. The second-order valence-electron chi connectivity index (χ2n) is 3.98. The average Bonchev–Trinajstić information content (AvgIpc) is 2.37. The van der Waals surface area contributed by atoms with Gasteiger partial charge in [0, 0.05) is 18.2 Å². The van der Waals surface area contributed by atoms with Crippen LogP contribution in [0.5, 0.6) is 0 Å². The molecule has 0 aliphatic rings. The lowest BCUT2D eigenvalue weighted by Crippen LogP contribution is -2.39. The molecule has 0 heterocycles. The van der Waals surface area contributed by atoms with Gasteiger partial charge in [0.1, 0.15) is 6.04 Å². The number of hydrogen-bond acceptors (Lipinski definition) is 4. The molecule has 0 bridgehead atoms. The molecule has 19 heavy (non-hydrogen) atoms. The van der Waals surface area contributed by atoms with Crippen LogP contribution in [0.15, 0.2) is 24.3 Å². The molecular weight excluding hydrogens is 248 g/mol. The highest BCUT2D eigenvalue weighted by atomic mass is 16.5. The van der Waals surface area contributed by atoms with Gasteiger partial charge in [-0.25, -0.2) is 4.79 Å². The summed E-state index contributed by atoms with van der Waals surface area (Å²) in [6, 6.07) is 5.63. The van der Waals surface area contributed by atoms with Crippen LogP contribution in [0.25, 0.3) is 0 Å². The van der Waals surface area contributed by atoms with Crippen molar-refractivity contribution in [2.45, 2.75) is 19.9 Å². The first-order valence-electron chi connectivity index (χ1n) is 5.70. The van der Waals surface area contributed by atoms with Crippen molar-refractivity contribution in [3.63, 3.8) is 0 Å². The first-order chi connectivity index (χ1) is 8.93. The lowest BCUT2D eigenvalue weighted by Gasteiger charge is -2.11. The van der Waals surface area contributed by atoms with Crippen molar-refractivity contribution in [3.8, 4) is 0 Å². The van der Waals surface area contributed by atoms with Crippen LogP contribution in [0.4, 0.5) is 5.69 Å². The summed E-state index contributed by atoms with van der Waals surface area (Å²) in [6.45, 7) is 2.94. The highest BCUT2D eigenvalue weighted by Gasteiger charge is 2.16. The molecule has 102 valence electrons. The van der Waals surface area contributed by atoms with Gasteiger partial charge in [0.05, 0.1) is 7.11 Å². The van der Waals surface area contributed by atoms with E-state index < -0.39 is 12.0 Å². The number of anilines is 1. The Hall–Kier alpha value is -2.37. The third-order valence-corrected chi connectivity index (χ3v) is 2.37. The Morgan fingerprint density at radius 3 is 2.21 bits per heavy atom. The number of esters is 1. The van der Waals surface area contributed by atoms with E-state index in [0.717, 1.165) is 0 Å². The van der Waals surface area contributed by atoms with E-state index in [1.165, 1.54) is 21.0 Å². The molecule has 6 heteroatoms. The van der Waals surface area contributed by atoms with Crippen LogP contribution in [-0.4, -0.2) is 30.9 Å². The predicted octanol–water partition coefficient (Wildman–Crippen LogP) is 0.936. The topological polar surface area (TPSA) is 84.5 Å². The third kappa shape index (κ3) is 4.42. The molecule has 1 atom stereocenters. The first-order valence-corrected chi connectivity index (χ1v) is 5.70. The number of hydrogen-bond donors (Lipinski definition) is 2. The maximum absolute atomic E-state index is 11.8. The van der Waals surface area contributed by atoms with Gasteiger partial charge in [0.15, 0.2) is 0 Å². The fourth-order valence-corrected chi connectivity index (χ4v) is 1.42. The zero-order valence-corrected chi connectivity index (χ0v) is 11.0. The Kier molecular flexibility index (Phi) is 5.05. The smallest absolute Gasteiger partial charge is 0.328 e. The van der Waals surface area contributed by atoms with Crippen molar-refractivity contribution >= 4 is 23.5 Å². The van der Waals surface area contributed by atoms with E-state index in [1.54, 1.807) is 24.3 Å². The second kappa shape index (κ2) is 6.53. The van der Waals surface area contributed by atoms with E-state index in [1.807, 2.05) is 0 Å². The largest absolute Gasteiger partial charge is 0.467 e. The molecule has 1 unspecified atom stereocenters. The van der Waals surface area contributed by atoms with E-state index in [-0.39, 0.29) is 11.8 Å². The lowest BCUT2D eigenvalue weighted by atomic mass is 10.2. The Morgan fingerprint density at radius 2 is 1.74 bits per heavy atom. The summed E-state index contributed by atoms with van der Waals surface area (Å²) >= 11 is 0. The van der Waals surface area contributed by atoms with Gasteiger partial charge in [-0.3, -0.25) is 9.59 Å². The number of carbonyl (C=O) groups excluding carboxylic acids is 3. The minimum atomic E-state index is -0.715. The highest BCUT2D eigenvalue weighted by Crippen LogP contribution is 2.09. The summed E-state index contributed by atoms with van der Waals surface area (Å²) in [5.74, 6) is -1.08. The Balaban J connectivity index is 2.67. The summed E-state index contributed by atoms with van der Waals surface area (Å²) < 4.78 is 4.51. The molecule has 6 nitrogen and oxygen atoms in total. The molecule has 0 radical (unpaired) electrons. The minimum Gasteiger partial charge on any atom is -0.467 e. The Morgan fingerprint density at radius 1 is 1.16 bits per heavy atom. The van der Waals surface area contributed by atoms with Crippen molar-refractivity contribution < 1.29 is 19.1 Å². The van der Waals surface area contributed by atoms with E-state index in [4.69, 9.17) is 0 Å². The number of rotatable bonds is 4. The quantitative estimate of drug-likeness (QED) is 0.792. The minimum absolute atomic E-state index is 0.184. The van der Waals surface area contributed by atoms with E-state index in [0.29, 0.717) is 11.3 Å². The van der Waals surface area contributed by atoms with Crippen LogP contribution in [0.2, 0.25) is 0 Å². The van der Waals surface area contributed by atoms with E-state index in [9.17, 15) is 14.4 Å². The van der Waals surface area contributed by atoms with Gasteiger partial charge < -0.3 is 15.4 Å². The first kappa shape index (κ1) is 14.7. The molecule has 0 saturated carbocycles. The fraction of sp³-hybridized carbons (Fsp3) is 0.308. The molecule has 1 aromatic rings. The predicted molar refractivity (Wildman–Crippen MR) is 69.7 cm³/mol. The number of ether oxygens (including phenoxy) is 1. The number of nitrogens with one attached hydrogen (secondary N) is 2. The van der Waals surface area contributed by atoms with Crippen LogP contribution in [0.1, 0.15) is 24.2 Å². The third-order valence-electron chi connectivity index (χ3n) is 2.37. The molecule has 0 spiro atoms. The lowest BCUT2D eigenvalue weighted by molar-refractivity contribution is -0.142. The molecule has 1 rings (SSSR count). The second-order valence-corrected chi connectivity index (χ2v) is 3.98. The van der Waals surface area contributed by atoms with Crippen molar-refractivity contribution in [2.24, 2.45) is 0 Å². The van der Waals surface area contributed by atoms with Crippen molar-refractivity contribution in [3.05, 3.63) is 29.8 Å². The van der Waals surface area contributed by atoms with Crippen LogP contribution in [0.3, 0.4) is 0 Å². The maximum atomic E-state index is 11.8. The summed E-state index contributed by atoms with van der Waals surface area (Å²) in [7, 11) is 1.26. The average molecular weight is 264 g/mol. The molecule has 0 aliphatic carbocycles. The van der Waals surface area contributed by atoms with Crippen LogP contribution >= 0.6 is 0 Å². The van der Waals surface area contributed by atoms with Gasteiger partial charge in [-0.05, 0) is 31.2 Å². The molecule has 0 aliphatic heterocycles. The van der Waals surface area contributed by atoms with Gasteiger partial charge in [0.25, 0.3) is 5.91 Å². The molecule has 0 aromatic heterocycles. The Bertz CT molecular complexity index is 482. The SMILES string of the molecule is COC(=O)C(C)NC(=O)c1ccc(NC(C)=O)cc1. The number of amides is 2. The van der Waals surface area contributed by atoms with E-state index in [2.05, 4.69) is 15.4 Å². The zero-order chi connectivity index (χ0) is 14.4. The van der Waals surface area contributed by atoms with Crippen LogP contribution in [0, 0.1) is 0 Å². The van der Waals surface area contributed by atoms with Crippen molar-refractivity contribution in [1.29, 1.82) is 0 Å². The highest BCUT2D eigenvalue weighted by molar-refractivity contribution is 5.97. The van der Waals surface area contributed by atoms with Gasteiger partial charge in [-0.2, -0.15) is 0 Å². The molecule has 1 aromatic carbocycles. The van der Waals surface area contributed by atoms with E-state index >= 15 is 0 Å². The summed E-state index contributed by atoms with van der Waals surface area (Å²) in [5, 5.41) is 5.10.